The molecule has 1 atom stereocenters. The fourth-order valence-electron chi connectivity index (χ4n) is 2.66. The molecule has 2 amide bonds. The summed E-state index contributed by atoms with van der Waals surface area (Å²) in [6.45, 7) is 4.51. The third kappa shape index (κ3) is 7.52. The first kappa shape index (κ1) is 24.1. The zero-order valence-electron chi connectivity index (χ0n) is 16.3. The van der Waals surface area contributed by atoms with Gasteiger partial charge in [-0.25, -0.2) is 0 Å². The Morgan fingerprint density at radius 1 is 1.10 bits per heavy atom. The van der Waals surface area contributed by atoms with Crippen LogP contribution in [0.1, 0.15) is 25.0 Å². The number of hydrogen-bond acceptors (Lipinski definition) is 3. The number of likely N-dealkylation sites (N-methyl/N-ethyl adjacent to an activating group) is 1. The molecule has 0 bridgehead atoms. The van der Waals surface area contributed by atoms with Gasteiger partial charge in [0.25, 0.3) is 0 Å². The zero-order chi connectivity index (χ0) is 21.4. The maximum absolute atomic E-state index is 12.9. The zero-order valence-corrected chi connectivity index (χ0v) is 20.2. The van der Waals surface area contributed by atoms with Gasteiger partial charge in [-0.05, 0) is 49.2 Å². The molecule has 0 radical (unpaired) electrons. The maximum atomic E-state index is 12.9. The van der Waals surface area contributed by atoms with Crippen LogP contribution in [0.2, 0.25) is 10.0 Å². The van der Waals surface area contributed by atoms with Gasteiger partial charge in [0.1, 0.15) is 6.04 Å². The second-order valence-electron chi connectivity index (χ2n) is 6.46. The van der Waals surface area contributed by atoms with Crippen molar-refractivity contribution in [3.05, 3.63) is 68.1 Å². The molecule has 2 aromatic rings. The third-order valence-electron chi connectivity index (χ3n) is 4.26. The average Bonchev–Trinajstić information content (AvgIpc) is 2.69. The highest BCUT2D eigenvalue weighted by Crippen LogP contribution is 2.25. The average molecular weight is 518 g/mol. The molecule has 0 saturated carbocycles. The van der Waals surface area contributed by atoms with Crippen molar-refractivity contribution in [2.75, 3.05) is 12.3 Å². The molecule has 4 nitrogen and oxygen atoms in total. The molecule has 156 valence electrons. The van der Waals surface area contributed by atoms with Crippen LogP contribution in [0, 0.1) is 0 Å². The van der Waals surface area contributed by atoms with Crippen molar-refractivity contribution in [2.45, 2.75) is 32.2 Å². The van der Waals surface area contributed by atoms with Crippen molar-refractivity contribution in [2.24, 2.45) is 0 Å². The standard InChI is InChI=1S/C21H23BrCl2N2O2S/c1-3-25-21(28)14(2)26(11-15-4-7-17(22)8-5-15)20(27)13-29-12-16-6-9-18(23)19(24)10-16/h4-10,14H,3,11-13H2,1-2H3,(H,25,28)/t14-/m1/s1. The molecule has 0 aliphatic rings. The number of hydrogen-bond donors (Lipinski definition) is 1. The summed E-state index contributed by atoms with van der Waals surface area (Å²) in [5.41, 5.74) is 1.96. The Balaban J connectivity index is 2.05. The van der Waals surface area contributed by atoms with E-state index >= 15 is 0 Å². The van der Waals surface area contributed by atoms with Gasteiger partial charge in [-0.2, -0.15) is 0 Å². The van der Waals surface area contributed by atoms with Crippen LogP contribution < -0.4 is 5.32 Å². The van der Waals surface area contributed by atoms with Gasteiger partial charge in [0.05, 0.1) is 15.8 Å². The highest BCUT2D eigenvalue weighted by Gasteiger charge is 2.25. The van der Waals surface area contributed by atoms with E-state index in [1.54, 1.807) is 24.0 Å². The summed E-state index contributed by atoms with van der Waals surface area (Å²) in [4.78, 5) is 26.9. The Bertz CT molecular complexity index is 849. The molecular weight excluding hydrogens is 495 g/mol. The Hall–Kier alpha value is -1.21. The van der Waals surface area contributed by atoms with E-state index in [9.17, 15) is 9.59 Å². The second-order valence-corrected chi connectivity index (χ2v) is 9.18. The fraction of sp³-hybridized carbons (Fsp3) is 0.333. The quantitative estimate of drug-likeness (QED) is 0.474. The van der Waals surface area contributed by atoms with Gasteiger partial charge in [-0.15, -0.1) is 11.8 Å². The summed E-state index contributed by atoms with van der Waals surface area (Å²) in [5.74, 6) is 0.648. The predicted octanol–water partition coefficient (Wildman–Crippen LogP) is 5.54. The number of benzene rings is 2. The SMILES string of the molecule is CCNC(=O)[C@@H](C)N(Cc1ccc(Br)cc1)C(=O)CSCc1ccc(Cl)c(Cl)c1. The van der Waals surface area contributed by atoms with E-state index in [1.807, 2.05) is 37.3 Å². The number of carbonyl (C=O) groups excluding carboxylic acids is 2. The smallest absolute Gasteiger partial charge is 0.242 e. The summed E-state index contributed by atoms with van der Waals surface area (Å²) in [6.07, 6.45) is 0. The molecule has 0 spiro atoms. The largest absolute Gasteiger partial charge is 0.355 e. The lowest BCUT2D eigenvalue weighted by Crippen LogP contribution is -2.48. The van der Waals surface area contributed by atoms with E-state index in [1.165, 1.54) is 11.8 Å². The molecule has 0 aliphatic carbocycles. The molecule has 0 heterocycles. The summed E-state index contributed by atoms with van der Waals surface area (Å²) in [5, 5.41) is 3.80. The molecule has 2 rings (SSSR count). The fourth-order valence-corrected chi connectivity index (χ4v) is 4.10. The lowest BCUT2D eigenvalue weighted by molar-refractivity contribution is -0.138. The van der Waals surface area contributed by atoms with Gasteiger partial charge >= 0.3 is 0 Å². The lowest BCUT2D eigenvalue weighted by atomic mass is 10.1. The molecule has 0 aromatic heterocycles. The van der Waals surface area contributed by atoms with Crippen LogP contribution in [-0.2, 0) is 21.9 Å². The topological polar surface area (TPSA) is 49.4 Å². The minimum Gasteiger partial charge on any atom is -0.355 e. The number of rotatable bonds is 9. The van der Waals surface area contributed by atoms with Crippen molar-refractivity contribution < 1.29 is 9.59 Å². The lowest BCUT2D eigenvalue weighted by Gasteiger charge is -2.28. The van der Waals surface area contributed by atoms with Crippen LogP contribution in [0.15, 0.2) is 46.9 Å². The normalized spacial score (nSPS) is 11.8. The monoisotopic (exact) mass is 516 g/mol. The Morgan fingerprint density at radius 3 is 2.38 bits per heavy atom. The van der Waals surface area contributed by atoms with E-state index in [-0.39, 0.29) is 17.6 Å². The molecule has 8 heteroatoms. The van der Waals surface area contributed by atoms with E-state index < -0.39 is 6.04 Å². The number of nitrogens with zero attached hydrogens (tertiary/aromatic N) is 1. The number of nitrogens with one attached hydrogen (secondary N) is 1. The molecule has 1 N–H and O–H groups in total. The van der Waals surface area contributed by atoms with Gasteiger partial charge in [0.2, 0.25) is 11.8 Å². The Morgan fingerprint density at radius 2 is 1.76 bits per heavy atom. The molecular formula is C21H23BrCl2N2O2S. The minimum atomic E-state index is -0.559. The van der Waals surface area contributed by atoms with E-state index in [0.717, 1.165) is 15.6 Å². The second kappa shape index (κ2) is 11.8. The summed E-state index contributed by atoms with van der Waals surface area (Å²) < 4.78 is 0.966. The number of thioether (sulfide) groups is 1. The molecule has 29 heavy (non-hydrogen) atoms. The highest BCUT2D eigenvalue weighted by molar-refractivity contribution is 9.10. The first-order valence-electron chi connectivity index (χ1n) is 9.15. The van der Waals surface area contributed by atoms with Crippen LogP contribution >= 0.6 is 50.9 Å². The van der Waals surface area contributed by atoms with Gasteiger partial charge < -0.3 is 10.2 Å². The van der Waals surface area contributed by atoms with Crippen molar-refractivity contribution in [3.8, 4) is 0 Å². The summed E-state index contributed by atoms with van der Waals surface area (Å²) in [7, 11) is 0. The van der Waals surface area contributed by atoms with E-state index in [2.05, 4.69) is 21.2 Å². The molecule has 0 fully saturated rings. The van der Waals surface area contributed by atoms with Crippen molar-refractivity contribution in [3.63, 3.8) is 0 Å². The first-order chi connectivity index (χ1) is 13.8. The van der Waals surface area contributed by atoms with Crippen LogP contribution in [-0.4, -0.2) is 35.1 Å². The number of halogens is 3. The van der Waals surface area contributed by atoms with Crippen molar-refractivity contribution in [1.82, 2.24) is 10.2 Å². The van der Waals surface area contributed by atoms with Crippen LogP contribution in [0.4, 0.5) is 0 Å². The van der Waals surface area contributed by atoms with Crippen LogP contribution in [0.25, 0.3) is 0 Å². The Kier molecular flexibility index (Phi) is 9.83. The van der Waals surface area contributed by atoms with Gasteiger partial charge in [0, 0.05) is 23.3 Å². The van der Waals surface area contributed by atoms with Gasteiger partial charge in [-0.1, -0.05) is 57.3 Å². The summed E-state index contributed by atoms with van der Waals surface area (Å²) >= 11 is 16.9. The molecule has 0 aliphatic heterocycles. The third-order valence-corrected chi connectivity index (χ3v) is 6.52. The van der Waals surface area contributed by atoms with Crippen LogP contribution in [0.5, 0.6) is 0 Å². The number of carbonyl (C=O) groups is 2. The number of amides is 2. The maximum Gasteiger partial charge on any atom is 0.242 e. The van der Waals surface area contributed by atoms with Crippen molar-refractivity contribution >= 4 is 62.7 Å². The van der Waals surface area contributed by atoms with Gasteiger partial charge in [-0.3, -0.25) is 9.59 Å². The minimum absolute atomic E-state index is 0.0864. The first-order valence-corrected chi connectivity index (χ1v) is 11.9. The Labute approximate surface area is 194 Å². The van der Waals surface area contributed by atoms with E-state index in [0.29, 0.717) is 28.9 Å². The van der Waals surface area contributed by atoms with Gasteiger partial charge in [0.15, 0.2) is 0 Å². The highest BCUT2D eigenvalue weighted by atomic mass is 79.9. The summed E-state index contributed by atoms with van der Waals surface area (Å²) in [6, 6.07) is 12.6. The van der Waals surface area contributed by atoms with Crippen LogP contribution in [0.3, 0.4) is 0 Å². The molecule has 0 saturated heterocycles. The van der Waals surface area contributed by atoms with E-state index in [4.69, 9.17) is 23.2 Å². The molecule has 2 aromatic carbocycles. The predicted molar refractivity (Wildman–Crippen MR) is 125 cm³/mol. The molecule has 0 unspecified atom stereocenters. The van der Waals surface area contributed by atoms with Crippen molar-refractivity contribution in [1.29, 1.82) is 0 Å².